The fraction of sp³-hybridized carbons (Fsp3) is 0.238. The Balaban J connectivity index is 2.00. The summed E-state index contributed by atoms with van der Waals surface area (Å²) in [4.78, 5) is 18.9. The topological polar surface area (TPSA) is 86.7 Å². The molecule has 2 aromatic carbocycles. The van der Waals surface area contributed by atoms with Crippen molar-refractivity contribution in [2.45, 2.75) is 18.3 Å². The number of nitrogens with zero attached hydrogens (tertiary/aromatic N) is 4. The predicted molar refractivity (Wildman–Crippen MR) is 113 cm³/mol. The van der Waals surface area contributed by atoms with Crippen LogP contribution in [0.1, 0.15) is 18.7 Å². The molecule has 0 aliphatic carbocycles. The first-order valence-corrected chi connectivity index (χ1v) is 10.4. The van der Waals surface area contributed by atoms with E-state index in [0.717, 1.165) is 0 Å². The summed E-state index contributed by atoms with van der Waals surface area (Å²) < 4.78 is 17.4. The summed E-state index contributed by atoms with van der Waals surface area (Å²) in [7, 11) is 3.11. The number of fused-ring (bicyclic) bond motifs is 3. The van der Waals surface area contributed by atoms with Gasteiger partial charge in [0, 0.05) is 12.5 Å². The Morgan fingerprint density at radius 1 is 1.10 bits per heavy atom. The fourth-order valence-corrected chi connectivity index (χ4v) is 3.74. The van der Waals surface area contributed by atoms with E-state index < -0.39 is 6.23 Å². The maximum absolute atomic E-state index is 12.8. The van der Waals surface area contributed by atoms with Gasteiger partial charge in [0.05, 0.1) is 25.5 Å². The average Bonchev–Trinajstić information content (AvgIpc) is 2.92. The molecule has 0 fully saturated rings. The van der Waals surface area contributed by atoms with E-state index >= 15 is 0 Å². The largest absolute Gasteiger partial charge is 0.493 e. The van der Waals surface area contributed by atoms with Crippen LogP contribution in [0.3, 0.4) is 0 Å². The number of thioether (sulfide) groups is 1. The minimum absolute atomic E-state index is 0.205. The highest BCUT2D eigenvalue weighted by Gasteiger charge is 2.36. The van der Waals surface area contributed by atoms with Gasteiger partial charge in [-0.25, -0.2) is 0 Å². The Labute approximate surface area is 178 Å². The first-order valence-electron chi connectivity index (χ1n) is 9.14. The molecule has 154 valence electrons. The lowest BCUT2D eigenvalue weighted by atomic mass is 10.1. The number of carbonyl (C=O) groups excluding carboxylic acids is 1. The number of methoxy groups -OCH3 is 2. The molecular formula is C21H20N4O4S. The van der Waals surface area contributed by atoms with E-state index in [4.69, 9.17) is 14.2 Å². The number of para-hydroxylation sites is 2. The Morgan fingerprint density at radius 2 is 1.90 bits per heavy atom. The summed E-state index contributed by atoms with van der Waals surface area (Å²) in [5, 5.41) is 8.96. The Morgan fingerprint density at radius 3 is 2.60 bits per heavy atom. The van der Waals surface area contributed by atoms with Crippen molar-refractivity contribution < 1.29 is 19.0 Å². The van der Waals surface area contributed by atoms with Crippen LogP contribution >= 0.6 is 11.8 Å². The number of amides is 1. The second kappa shape index (κ2) is 8.19. The van der Waals surface area contributed by atoms with E-state index in [2.05, 4.69) is 15.2 Å². The molecule has 0 N–H and O–H groups in total. The van der Waals surface area contributed by atoms with Gasteiger partial charge in [0.15, 0.2) is 17.2 Å². The van der Waals surface area contributed by atoms with Gasteiger partial charge in [0.25, 0.3) is 0 Å². The van der Waals surface area contributed by atoms with Crippen LogP contribution in [-0.4, -0.2) is 41.6 Å². The van der Waals surface area contributed by atoms with Crippen molar-refractivity contribution in [3.05, 3.63) is 48.0 Å². The van der Waals surface area contributed by atoms with Gasteiger partial charge in [-0.05, 0) is 24.5 Å². The summed E-state index contributed by atoms with van der Waals surface area (Å²) in [6.07, 6.45) is 1.01. The molecule has 0 saturated heterocycles. The number of hydrogen-bond donors (Lipinski definition) is 0. The third-order valence-corrected chi connectivity index (χ3v) is 5.27. The van der Waals surface area contributed by atoms with Crippen LogP contribution in [0.5, 0.6) is 17.4 Å². The van der Waals surface area contributed by atoms with Gasteiger partial charge in [-0.2, -0.15) is 4.98 Å². The number of carbonyl (C=O) groups is 1. The summed E-state index contributed by atoms with van der Waals surface area (Å²) in [5.74, 6) is 1.10. The second-order valence-electron chi connectivity index (χ2n) is 6.41. The average molecular weight is 424 g/mol. The molecule has 1 aliphatic rings. The molecule has 0 spiro atoms. The lowest BCUT2D eigenvalue weighted by Gasteiger charge is -2.31. The maximum Gasteiger partial charge on any atom is 0.247 e. The van der Waals surface area contributed by atoms with Crippen LogP contribution in [-0.2, 0) is 4.79 Å². The minimum atomic E-state index is -0.846. The summed E-state index contributed by atoms with van der Waals surface area (Å²) in [6.45, 7) is 1.49. The van der Waals surface area contributed by atoms with E-state index in [0.29, 0.717) is 45.0 Å². The smallest absolute Gasteiger partial charge is 0.247 e. The highest BCUT2D eigenvalue weighted by atomic mass is 32.2. The number of anilines is 1. The molecule has 2 heterocycles. The van der Waals surface area contributed by atoms with Crippen molar-refractivity contribution >= 4 is 23.4 Å². The highest BCUT2D eigenvalue weighted by Crippen LogP contribution is 2.46. The highest BCUT2D eigenvalue weighted by molar-refractivity contribution is 7.98. The molecular weight excluding hydrogens is 404 g/mol. The van der Waals surface area contributed by atoms with Gasteiger partial charge in [0.2, 0.25) is 23.2 Å². The van der Waals surface area contributed by atoms with Gasteiger partial charge < -0.3 is 14.2 Å². The quantitative estimate of drug-likeness (QED) is 0.586. The van der Waals surface area contributed by atoms with Crippen molar-refractivity contribution in [2.24, 2.45) is 0 Å². The van der Waals surface area contributed by atoms with E-state index in [-0.39, 0.29) is 5.91 Å². The molecule has 0 radical (unpaired) electrons. The molecule has 8 nitrogen and oxygen atoms in total. The molecule has 4 rings (SSSR count). The SMILES string of the molecule is COc1cccc([C@H]2Oc3nc(SC)nnc3-c3ccccc3N2C(C)=O)c1OC. The van der Waals surface area contributed by atoms with E-state index in [1.54, 1.807) is 25.2 Å². The Bertz CT molecular complexity index is 1110. The predicted octanol–water partition coefficient (Wildman–Crippen LogP) is 3.72. The van der Waals surface area contributed by atoms with Gasteiger partial charge in [-0.3, -0.25) is 9.69 Å². The first kappa shape index (κ1) is 20.0. The summed E-state index contributed by atoms with van der Waals surface area (Å²) >= 11 is 1.36. The molecule has 1 aromatic heterocycles. The van der Waals surface area contributed by atoms with Crippen LogP contribution in [0.15, 0.2) is 47.6 Å². The van der Waals surface area contributed by atoms with Gasteiger partial charge >= 0.3 is 0 Å². The normalized spacial score (nSPS) is 14.8. The maximum atomic E-state index is 12.8. The molecule has 0 bridgehead atoms. The Kier molecular flexibility index (Phi) is 5.45. The van der Waals surface area contributed by atoms with Crippen molar-refractivity contribution in [1.82, 2.24) is 15.2 Å². The van der Waals surface area contributed by atoms with Crippen LogP contribution in [0.2, 0.25) is 0 Å². The zero-order valence-electron chi connectivity index (χ0n) is 16.9. The zero-order valence-corrected chi connectivity index (χ0v) is 17.8. The molecule has 1 amide bonds. The van der Waals surface area contributed by atoms with Crippen molar-refractivity contribution in [1.29, 1.82) is 0 Å². The summed E-state index contributed by atoms with van der Waals surface area (Å²) in [5.41, 5.74) is 2.45. The number of benzene rings is 2. The third-order valence-electron chi connectivity index (χ3n) is 4.73. The first-order chi connectivity index (χ1) is 14.6. The number of ether oxygens (including phenoxy) is 3. The van der Waals surface area contributed by atoms with Crippen LogP contribution in [0, 0.1) is 0 Å². The van der Waals surface area contributed by atoms with Crippen molar-refractivity contribution in [2.75, 3.05) is 25.4 Å². The standard InChI is InChI=1S/C21H20N4O4S/c1-12(26)25-15-10-6-5-8-13(15)17-19(22-21(30-4)24-23-17)29-20(25)14-9-7-11-16(27-2)18(14)28-3/h5-11,20H,1-4H3/t20-/m1/s1. The van der Waals surface area contributed by atoms with Gasteiger partial charge in [-0.15, -0.1) is 10.2 Å². The molecule has 0 saturated carbocycles. The molecule has 0 unspecified atom stereocenters. The van der Waals surface area contributed by atoms with Crippen LogP contribution < -0.4 is 19.1 Å². The molecule has 3 aromatic rings. The van der Waals surface area contributed by atoms with Crippen LogP contribution in [0.25, 0.3) is 11.3 Å². The minimum Gasteiger partial charge on any atom is -0.493 e. The number of aromatic nitrogens is 3. The van der Waals surface area contributed by atoms with E-state index in [1.165, 1.54) is 18.7 Å². The van der Waals surface area contributed by atoms with E-state index in [9.17, 15) is 4.79 Å². The second-order valence-corrected chi connectivity index (χ2v) is 7.18. The van der Waals surface area contributed by atoms with E-state index in [1.807, 2.05) is 42.7 Å². The zero-order chi connectivity index (χ0) is 21.3. The molecule has 30 heavy (non-hydrogen) atoms. The van der Waals surface area contributed by atoms with Crippen molar-refractivity contribution in [3.63, 3.8) is 0 Å². The summed E-state index contributed by atoms with van der Waals surface area (Å²) in [6, 6.07) is 12.9. The van der Waals surface area contributed by atoms with Crippen molar-refractivity contribution in [3.8, 4) is 28.6 Å². The van der Waals surface area contributed by atoms with Crippen LogP contribution in [0.4, 0.5) is 5.69 Å². The lowest BCUT2D eigenvalue weighted by Crippen LogP contribution is -2.36. The third kappa shape index (κ3) is 3.30. The molecule has 1 atom stereocenters. The monoisotopic (exact) mass is 424 g/mol. The Hall–Kier alpha value is -3.33. The van der Waals surface area contributed by atoms with Gasteiger partial charge in [-0.1, -0.05) is 36.0 Å². The number of hydrogen-bond acceptors (Lipinski definition) is 8. The molecule has 1 aliphatic heterocycles. The molecule has 9 heteroatoms. The fourth-order valence-electron chi connectivity index (χ4n) is 3.45. The number of rotatable bonds is 4. The van der Waals surface area contributed by atoms with Gasteiger partial charge in [0.1, 0.15) is 0 Å². The lowest BCUT2D eigenvalue weighted by molar-refractivity contribution is -0.118.